The molecule has 2 heterocycles. The summed E-state index contributed by atoms with van der Waals surface area (Å²) in [5.41, 5.74) is 0.128. The van der Waals surface area contributed by atoms with Crippen LogP contribution in [0.4, 0.5) is 25.1 Å². The predicted molar refractivity (Wildman–Crippen MR) is 117 cm³/mol. The van der Waals surface area contributed by atoms with Gasteiger partial charge in [0.15, 0.2) is 5.82 Å². The second-order valence-corrected chi connectivity index (χ2v) is 8.49. The Bertz CT molecular complexity index is 1220. The van der Waals surface area contributed by atoms with E-state index in [0.717, 1.165) is 18.2 Å². The van der Waals surface area contributed by atoms with Crippen LogP contribution in [0.1, 0.15) is 35.5 Å². The van der Waals surface area contributed by atoms with Gasteiger partial charge in [0.05, 0.1) is 39.1 Å². The summed E-state index contributed by atoms with van der Waals surface area (Å²) in [6.07, 6.45) is 0. The number of rotatable bonds is 3. The summed E-state index contributed by atoms with van der Waals surface area (Å²) in [5.74, 6) is -2.35. The number of carbonyl (C=O) groups is 2. The Morgan fingerprint density at radius 1 is 1.12 bits per heavy atom. The number of amides is 3. The summed E-state index contributed by atoms with van der Waals surface area (Å²) in [6, 6.07) is 6.98. The number of aromatic nitrogens is 2. The van der Waals surface area contributed by atoms with Gasteiger partial charge < -0.3 is 15.5 Å². The van der Waals surface area contributed by atoms with E-state index in [2.05, 4.69) is 20.8 Å². The summed E-state index contributed by atoms with van der Waals surface area (Å²) >= 11 is 12.3. The number of urea groups is 1. The zero-order valence-electron chi connectivity index (χ0n) is 16.9. The van der Waals surface area contributed by atoms with E-state index in [9.17, 15) is 18.4 Å². The molecule has 2 aromatic carbocycles. The van der Waals surface area contributed by atoms with Gasteiger partial charge in [-0.3, -0.25) is 9.89 Å². The van der Waals surface area contributed by atoms with E-state index in [-0.39, 0.29) is 28.1 Å². The number of fused-ring (bicyclic) bond motifs is 1. The van der Waals surface area contributed by atoms with Crippen LogP contribution in [0, 0.1) is 11.6 Å². The van der Waals surface area contributed by atoms with Gasteiger partial charge in [-0.15, -0.1) is 0 Å². The Morgan fingerprint density at radius 3 is 2.50 bits per heavy atom. The molecule has 3 aromatic rings. The number of para-hydroxylation sites is 1. The molecular weight excluding hydrogens is 463 g/mol. The predicted octanol–water partition coefficient (Wildman–Crippen LogP) is 5.53. The zero-order chi connectivity index (χ0) is 23.2. The van der Waals surface area contributed by atoms with Crippen LogP contribution in [-0.2, 0) is 12.1 Å². The minimum Gasteiger partial charge on any atom is -0.309 e. The lowest BCUT2D eigenvalue weighted by Gasteiger charge is -2.32. The molecule has 3 amide bonds. The summed E-state index contributed by atoms with van der Waals surface area (Å²) in [5, 5.41) is 12.7. The van der Waals surface area contributed by atoms with Crippen LogP contribution in [0.2, 0.25) is 10.0 Å². The van der Waals surface area contributed by atoms with Crippen LogP contribution in [0.15, 0.2) is 36.4 Å². The van der Waals surface area contributed by atoms with Crippen LogP contribution in [0.5, 0.6) is 0 Å². The highest BCUT2D eigenvalue weighted by atomic mass is 35.5. The van der Waals surface area contributed by atoms with Crippen molar-refractivity contribution in [3.05, 3.63) is 74.9 Å². The quantitative estimate of drug-likeness (QED) is 0.461. The maximum atomic E-state index is 13.9. The molecule has 1 aliphatic rings. The van der Waals surface area contributed by atoms with Gasteiger partial charge in [0.1, 0.15) is 11.6 Å². The summed E-state index contributed by atoms with van der Waals surface area (Å²) in [4.78, 5) is 27.0. The van der Waals surface area contributed by atoms with E-state index in [1.165, 1.54) is 4.90 Å². The molecule has 0 spiro atoms. The first-order valence-corrected chi connectivity index (χ1v) is 10.2. The highest BCUT2D eigenvalue weighted by Crippen LogP contribution is 2.41. The SMILES string of the molecule is CC1(C)c2[nH]nc(NC(=O)c3cc(F)ccc3F)c2CN1C(=O)Nc1c(Cl)cccc1Cl. The van der Waals surface area contributed by atoms with Crippen molar-refractivity contribution in [1.29, 1.82) is 0 Å². The fourth-order valence-electron chi connectivity index (χ4n) is 3.58. The van der Waals surface area contributed by atoms with Gasteiger partial charge in [-0.25, -0.2) is 13.6 Å². The van der Waals surface area contributed by atoms with Crippen LogP contribution < -0.4 is 10.6 Å². The molecule has 0 saturated heterocycles. The molecule has 166 valence electrons. The highest BCUT2D eigenvalue weighted by Gasteiger charge is 2.44. The van der Waals surface area contributed by atoms with Crippen molar-refractivity contribution in [3.63, 3.8) is 0 Å². The topological polar surface area (TPSA) is 90.1 Å². The fraction of sp³-hybridized carbons (Fsp3) is 0.190. The maximum Gasteiger partial charge on any atom is 0.323 e. The maximum absolute atomic E-state index is 13.9. The van der Waals surface area contributed by atoms with Gasteiger partial charge in [0, 0.05) is 5.56 Å². The summed E-state index contributed by atoms with van der Waals surface area (Å²) in [7, 11) is 0. The number of aromatic amines is 1. The molecule has 3 N–H and O–H groups in total. The van der Waals surface area contributed by atoms with Crippen molar-refractivity contribution in [1.82, 2.24) is 15.1 Å². The molecule has 0 radical (unpaired) electrons. The van der Waals surface area contributed by atoms with Crippen LogP contribution in [0.3, 0.4) is 0 Å². The Labute approximate surface area is 191 Å². The van der Waals surface area contributed by atoms with Crippen LogP contribution in [-0.4, -0.2) is 27.0 Å². The molecule has 0 saturated carbocycles. The Morgan fingerprint density at radius 2 is 1.81 bits per heavy atom. The molecule has 32 heavy (non-hydrogen) atoms. The van der Waals surface area contributed by atoms with Gasteiger partial charge >= 0.3 is 6.03 Å². The molecular formula is C21H17Cl2F2N5O2. The second-order valence-electron chi connectivity index (χ2n) is 7.68. The number of nitrogens with zero attached hydrogens (tertiary/aromatic N) is 2. The van der Waals surface area contributed by atoms with Crippen molar-refractivity contribution in [2.75, 3.05) is 10.6 Å². The Hall–Kier alpha value is -3.17. The van der Waals surface area contributed by atoms with Crippen molar-refractivity contribution in [2.24, 2.45) is 0 Å². The average Bonchev–Trinajstić information content (AvgIpc) is 3.25. The number of H-pyrrole nitrogens is 1. The molecule has 0 unspecified atom stereocenters. The van der Waals surface area contributed by atoms with E-state index in [1.54, 1.807) is 32.0 Å². The second kappa shape index (κ2) is 8.07. The molecule has 4 rings (SSSR count). The van der Waals surface area contributed by atoms with E-state index in [0.29, 0.717) is 11.3 Å². The van der Waals surface area contributed by atoms with E-state index in [1.807, 2.05) is 0 Å². The van der Waals surface area contributed by atoms with E-state index >= 15 is 0 Å². The third kappa shape index (κ3) is 3.78. The highest BCUT2D eigenvalue weighted by molar-refractivity contribution is 6.39. The molecule has 0 bridgehead atoms. The standard InChI is InChI=1S/C21H17Cl2F2N5O2/c1-21(2)17-12(9-30(21)20(32)26-16-13(22)4-3-5-14(16)23)18(29-28-17)27-19(31)11-8-10(24)6-7-15(11)25/h3-8H,9H2,1-2H3,(H,26,32)(H2,27,28,29,31). The molecule has 0 atom stereocenters. The summed E-state index contributed by atoms with van der Waals surface area (Å²) < 4.78 is 27.4. The van der Waals surface area contributed by atoms with Crippen LogP contribution in [0.25, 0.3) is 0 Å². The number of hydrogen-bond donors (Lipinski definition) is 3. The Kier molecular flexibility index (Phi) is 5.56. The lowest BCUT2D eigenvalue weighted by atomic mass is 10.0. The molecule has 1 aliphatic heterocycles. The van der Waals surface area contributed by atoms with Gasteiger partial charge in [0.2, 0.25) is 0 Å². The molecule has 11 heteroatoms. The van der Waals surface area contributed by atoms with Crippen LogP contribution >= 0.6 is 23.2 Å². The first-order chi connectivity index (χ1) is 15.1. The zero-order valence-corrected chi connectivity index (χ0v) is 18.4. The number of anilines is 2. The first kappa shape index (κ1) is 22.0. The number of nitrogens with one attached hydrogen (secondary N) is 3. The number of halogens is 4. The molecule has 7 nitrogen and oxygen atoms in total. The molecule has 0 fully saturated rings. The fourth-order valence-corrected chi connectivity index (χ4v) is 4.07. The minimum absolute atomic E-state index is 0.0913. The largest absolute Gasteiger partial charge is 0.323 e. The Balaban J connectivity index is 1.58. The lowest BCUT2D eigenvalue weighted by molar-refractivity contribution is 0.102. The molecule has 0 aliphatic carbocycles. The minimum atomic E-state index is -0.867. The van der Waals surface area contributed by atoms with Crippen molar-refractivity contribution in [3.8, 4) is 0 Å². The van der Waals surface area contributed by atoms with E-state index < -0.39 is 34.7 Å². The van der Waals surface area contributed by atoms with Crippen molar-refractivity contribution >= 4 is 46.6 Å². The van der Waals surface area contributed by atoms with Crippen molar-refractivity contribution in [2.45, 2.75) is 25.9 Å². The third-order valence-electron chi connectivity index (χ3n) is 5.31. The van der Waals surface area contributed by atoms with Gasteiger partial charge in [-0.05, 0) is 44.2 Å². The number of benzene rings is 2. The van der Waals surface area contributed by atoms with Gasteiger partial charge in [-0.2, -0.15) is 5.10 Å². The van der Waals surface area contributed by atoms with E-state index in [4.69, 9.17) is 23.2 Å². The van der Waals surface area contributed by atoms with Crippen molar-refractivity contribution < 1.29 is 18.4 Å². The third-order valence-corrected chi connectivity index (χ3v) is 5.94. The lowest BCUT2D eigenvalue weighted by Crippen LogP contribution is -2.43. The summed E-state index contributed by atoms with van der Waals surface area (Å²) in [6.45, 7) is 3.68. The number of hydrogen-bond acceptors (Lipinski definition) is 3. The first-order valence-electron chi connectivity index (χ1n) is 9.46. The van der Waals surface area contributed by atoms with Gasteiger partial charge in [0.25, 0.3) is 5.91 Å². The normalized spacial score (nSPS) is 14.2. The number of carbonyl (C=O) groups excluding carboxylic acids is 2. The molecule has 1 aromatic heterocycles. The average molecular weight is 480 g/mol. The smallest absolute Gasteiger partial charge is 0.309 e. The monoisotopic (exact) mass is 479 g/mol. The van der Waals surface area contributed by atoms with Gasteiger partial charge in [-0.1, -0.05) is 29.3 Å².